The van der Waals surface area contributed by atoms with Crippen molar-refractivity contribution >= 4 is 23.2 Å². The molecule has 0 saturated carbocycles. The van der Waals surface area contributed by atoms with Crippen LogP contribution < -0.4 is 0 Å². The Balaban J connectivity index is 1.84. The van der Waals surface area contributed by atoms with Crippen LogP contribution in [0.15, 0.2) is 6.07 Å². The summed E-state index contributed by atoms with van der Waals surface area (Å²) < 4.78 is 0. The molecule has 0 bridgehead atoms. The largest absolute Gasteiger partial charge is 0.480 e. The van der Waals surface area contributed by atoms with E-state index in [0.717, 1.165) is 19.3 Å². The van der Waals surface area contributed by atoms with Gasteiger partial charge in [0.25, 0.3) is 5.91 Å². The number of aryl methyl sites for hydroxylation is 2. The smallest absolute Gasteiger partial charge is 0.326 e. The SMILES string of the molecule is O=C(O)C1CC(O)CN1C(=O)c1cc2c(s1)CCC2. The van der Waals surface area contributed by atoms with Gasteiger partial charge in [-0.05, 0) is 30.9 Å². The van der Waals surface area contributed by atoms with Crippen LogP contribution in [-0.4, -0.2) is 45.7 Å². The maximum Gasteiger partial charge on any atom is 0.326 e. The molecule has 1 aromatic rings. The second-order valence-corrected chi connectivity index (χ2v) is 6.25. The number of carboxylic acids is 1. The van der Waals surface area contributed by atoms with Gasteiger partial charge < -0.3 is 15.1 Å². The molecule has 1 aliphatic carbocycles. The number of hydrogen-bond donors (Lipinski definition) is 2. The average molecular weight is 281 g/mol. The Morgan fingerprint density at radius 3 is 2.84 bits per heavy atom. The first-order valence-corrected chi connectivity index (χ1v) is 7.21. The van der Waals surface area contributed by atoms with Crippen molar-refractivity contribution in [2.45, 2.75) is 37.8 Å². The fourth-order valence-electron chi connectivity index (χ4n) is 2.85. The number of β-amino-alcohol motifs (C(OH)–C–C–N with tert-alkyl or cyclic N) is 1. The molecule has 6 heteroatoms. The van der Waals surface area contributed by atoms with Gasteiger partial charge in [-0.25, -0.2) is 4.79 Å². The second-order valence-electron chi connectivity index (χ2n) is 5.11. The molecule has 2 aliphatic rings. The first-order chi connectivity index (χ1) is 9.06. The summed E-state index contributed by atoms with van der Waals surface area (Å²) in [5, 5.41) is 18.7. The number of carbonyl (C=O) groups excluding carboxylic acids is 1. The monoisotopic (exact) mass is 281 g/mol. The molecular formula is C13H15NO4S. The highest BCUT2D eigenvalue weighted by Gasteiger charge is 2.39. The molecule has 2 N–H and O–H groups in total. The van der Waals surface area contributed by atoms with Crippen LogP contribution in [0.4, 0.5) is 0 Å². The lowest BCUT2D eigenvalue weighted by atomic mass is 10.2. The van der Waals surface area contributed by atoms with E-state index in [9.17, 15) is 14.7 Å². The highest BCUT2D eigenvalue weighted by Crippen LogP contribution is 2.32. The van der Waals surface area contributed by atoms with Gasteiger partial charge in [0.15, 0.2) is 0 Å². The summed E-state index contributed by atoms with van der Waals surface area (Å²) in [4.78, 5) is 26.6. The predicted octanol–water partition coefficient (Wildman–Crippen LogP) is 0.897. The third kappa shape index (κ3) is 2.15. The van der Waals surface area contributed by atoms with Crippen molar-refractivity contribution in [3.63, 3.8) is 0 Å². The summed E-state index contributed by atoms with van der Waals surface area (Å²) in [6.07, 6.45) is 2.53. The third-order valence-corrected chi connectivity index (χ3v) is 5.01. The number of hydrogen-bond acceptors (Lipinski definition) is 4. The van der Waals surface area contributed by atoms with E-state index >= 15 is 0 Å². The van der Waals surface area contributed by atoms with Gasteiger partial charge in [0.05, 0.1) is 11.0 Å². The summed E-state index contributed by atoms with van der Waals surface area (Å²) >= 11 is 1.47. The number of aliphatic carboxylic acids is 1. The summed E-state index contributed by atoms with van der Waals surface area (Å²) in [7, 11) is 0. The molecule has 1 aliphatic heterocycles. The van der Waals surface area contributed by atoms with Crippen molar-refractivity contribution in [2.75, 3.05) is 6.54 Å². The fraction of sp³-hybridized carbons (Fsp3) is 0.538. The van der Waals surface area contributed by atoms with E-state index in [4.69, 9.17) is 5.11 Å². The Labute approximate surface area is 114 Å². The lowest BCUT2D eigenvalue weighted by molar-refractivity contribution is -0.141. The number of carbonyl (C=O) groups is 2. The number of aliphatic hydroxyl groups is 1. The Morgan fingerprint density at radius 1 is 1.37 bits per heavy atom. The van der Waals surface area contributed by atoms with Crippen LogP contribution in [0.1, 0.15) is 33.0 Å². The molecule has 2 unspecified atom stereocenters. The standard InChI is InChI=1S/C13H15NO4S/c15-8-5-9(13(17)18)14(6-8)12(16)11-4-7-2-1-3-10(7)19-11/h4,8-9,15H,1-3,5-6H2,(H,17,18). The van der Waals surface area contributed by atoms with Crippen LogP contribution in [0.5, 0.6) is 0 Å². The fourth-order valence-corrected chi connectivity index (χ4v) is 4.06. The lowest BCUT2D eigenvalue weighted by Crippen LogP contribution is -2.40. The molecule has 2 heterocycles. The number of carboxylic acid groups (broad SMARTS) is 1. The first-order valence-electron chi connectivity index (χ1n) is 6.39. The molecule has 1 amide bonds. The van der Waals surface area contributed by atoms with Gasteiger partial charge in [0, 0.05) is 17.8 Å². The molecule has 102 valence electrons. The minimum Gasteiger partial charge on any atom is -0.480 e. The van der Waals surface area contributed by atoms with Crippen molar-refractivity contribution in [2.24, 2.45) is 0 Å². The van der Waals surface area contributed by atoms with E-state index in [0.29, 0.717) is 4.88 Å². The Morgan fingerprint density at radius 2 is 2.16 bits per heavy atom. The zero-order valence-electron chi connectivity index (χ0n) is 10.3. The molecular weight excluding hydrogens is 266 g/mol. The zero-order valence-corrected chi connectivity index (χ0v) is 11.2. The number of fused-ring (bicyclic) bond motifs is 1. The third-order valence-electron chi connectivity index (χ3n) is 3.78. The molecule has 1 aromatic heterocycles. The normalized spacial score (nSPS) is 25.6. The van der Waals surface area contributed by atoms with Gasteiger partial charge in [0.2, 0.25) is 0 Å². The molecule has 5 nitrogen and oxygen atoms in total. The number of likely N-dealkylation sites (tertiary alicyclic amines) is 1. The molecule has 0 aromatic carbocycles. The summed E-state index contributed by atoms with van der Waals surface area (Å²) in [5.74, 6) is -1.31. The van der Waals surface area contributed by atoms with E-state index in [2.05, 4.69) is 0 Å². The number of rotatable bonds is 2. The van der Waals surface area contributed by atoms with Crippen molar-refractivity contribution < 1.29 is 19.8 Å². The number of amides is 1. The van der Waals surface area contributed by atoms with Crippen LogP contribution in [0.2, 0.25) is 0 Å². The molecule has 1 saturated heterocycles. The highest BCUT2D eigenvalue weighted by atomic mass is 32.1. The zero-order chi connectivity index (χ0) is 13.6. The summed E-state index contributed by atoms with van der Waals surface area (Å²) in [6, 6.07) is 0.985. The van der Waals surface area contributed by atoms with E-state index in [1.807, 2.05) is 6.07 Å². The molecule has 0 radical (unpaired) electrons. The van der Waals surface area contributed by atoms with Crippen LogP contribution >= 0.6 is 11.3 Å². The van der Waals surface area contributed by atoms with Crippen molar-refractivity contribution in [3.8, 4) is 0 Å². The Hall–Kier alpha value is -1.40. The molecule has 2 atom stereocenters. The second kappa shape index (κ2) is 4.61. The predicted molar refractivity (Wildman–Crippen MR) is 69.4 cm³/mol. The molecule has 19 heavy (non-hydrogen) atoms. The number of thiophene rings is 1. The summed E-state index contributed by atoms with van der Waals surface area (Å²) in [6.45, 7) is 0.109. The van der Waals surface area contributed by atoms with Crippen LogP contribution in [0.25, 0.3) is 0 Å². The Kier molecular flexibility index (Phi) is 3.06. The average Bonchev–Trinajstić information content (AvgIpc) is 2.99. The van der Waals surface area contributed by atoms with E-state index in [1.165, 1.54) is 26.7 Å². The topological polar surface area (TPSA) is 77.8 Å². The Bertz CT molecular complexity index is 517. The van der Waals surface area contributed by atoms with Crippen molar-refractivity contribution in [1.29, 1.82) is 0 Å². The van der Waals surface area contributed by atoms with Crippen molar-refractivity contribution in [3.05, 3.63) is 21.4 Å². The minimum atomic E-state index is -1.05. The quantitative estimate of drug-likeness (QED) is 0.844. The van der Waals surface area contributed by atoms with Gasteiger partial charge in [-0.3, -0.25) is 4.79 Å². The van der Waals surface area contributed by atoms with E-state index in [1.54, 1.807) is 0 Å². The molecule has 0 spiro atoms. The van der Waals surface area contributed by atoms with Gasteiger partial charge >= 0.3 is 5.97 Å². The maximum atomic E-state index is 12.4. The molecule has 1 fully saturated rings. The van der Waals surface area contributed by atoms with Gasteiger partial charge in [-0.15, -0.1) is 11.3 Å². The van der Waals surface area contributed by atoms with Gasteiger partial charge in [0.1, 0.15) is 6.04 Å². The van der Waals surface area contributed by atoms with Crippen molar-refractivity contribution in [1.82, 2.24) is 4.90 Å². The highest BCUT2D eigenvalue weighted by molar-refractivity contribution is 7.14. The molecule has 3 rings (SSSR count). The summed E-state index contributed by atoms with van der Waals surface area (Å²) in [5.41, 5.74) is 1.22. The number of aliphatic hydroxyl groups excluding tert-OH is 1. The first kappa shape index (κ1) is 12.6. The minimum absolute atomic E-state index is 0.109. The maximum absolute atomic E-state index is 12.4. The van der Waals surface area contributed by atoms with Crippen LogP contribution in [0, 0.1) is 0 Å². The van der Waals surface area contributed by atoms with Crippen LogP contribution in [0.3, 0.4) is 0 Å². The van der Waals surface area contributed by atoms with Gasteiger partial charge in [-0.1, -0.05) is 0 Å². The number of nitrogens with zero attached hydrogens (tertiary/aromatic N) is 1. The van der Waals surface area contributed by atoms with E-state index in [-0.39, 0.29) is 18.9 Å². The van der Waals surface area contributed by atoms with E-state index < -0.39 is 18.1 Å². The van der Waals surface area contributed by atoms with Crippen LogP contribution in [-0.2, 0) is 17.6 Å². The van der Waals surface area contributed by atoms with Gasteiger partial charge in [-0.2, -0.15) is 0 Å². The lowest BCUT2D eigenvalue weighted by Gasteiger charge is -2.20.